The second kappa shape index (κ2) is 9.57. The molecule has 1 aromatic heterocycles. The molecule has 1 aliphatic carbocycles. The zero-order valence-electron chi connectivity index (χ0n) is 14.7. The van der Waals surface area contributed by atoms with Crippen LogP contribution in [0.3, 0.4) is 0 Å². The maximum atomic E-state index is 6.28. The average molecular weight is 329 g/mol. The number of hydrogen-bond acceptors (Lipinski definition) is 1. The van der Waals surface area contributed by atoms with Gasteiger partial charge in [-0.1, -0.05) is 40.5 Å². The molecule has 0 spiro atoms. The molecule has 1 fully saturated rings. The Morgan fingerprint density at radius 3 is 2.77 bits per heavy atom. The molecule has 1 aromatic rings. The molecule has 1 heterocycles. The maximum Gasteiger partial charge on any atom is 0.245 e. The van der Waals surface area contributed by atoms with Crippen molar-refractivity contribution in [3.63, 3.8) is 0 Å². The molecule has 3 nitrogen and oxygen atoms in total. The number of halogens is 1. The van der Waals surface area contributed by atoms with Crippen molar-refractivity contribution in [3.8, 4) is 0 Å². The summed E-state index contributed by atoms with van der Waals surface area (Å²) in [5.41, 5.74) is 0. The van der Waals surface area contributed by atoms with E-state index in [0.29, 0.717) is 12.8 Å². The molecular formula is C18H33ClN2O. The first-order valence-electron chi connectivity index (χ1n) is 8.76. The third-order valence-electron chi connectivity index (χ3n) is 4.92. The summed E-state index contributed by atoms with van der Waals surface area (Å²) in [6.45, 7) is 11.1. The van der Waals surface area contributed by atoms with Gasteiger partial charge < -0.3 is 17.1 Å². The van der Waals surface area contributed by atoms with E-state index < -0.39 is 0 Å². The molecule has 22 heavy (non-hydrogen) atoms. The van der Waals surface area contributed by atoms with Gasteiger partial charge in [0.25, 0.3) is 0 Å². The predicted molar refractivity (Wildman–Crippen MR) is 85.8 cm³/mol. The highest BCUT2D eigenvalue weighted by Gasteiger charge is 2.31. The van der Waals surface area contributed by atoms with E-state index in [1.165, 1.54) is 32.1 Å². The number of imidazole rings is 1. The maximum absolute atomic E-state index is 6.28. The van der Waals surface area contributed by atoms with E-state index in [1.807, 2.05) is 0 Å². The first kappa shape index (κ1) is 19.5. The summed E-state index contributed by atoms with van der Waals surface area (Å²) >= 11 is 0. The lowest BCUT2D eigenvalue weighted by molar-refractivity contribution is -0.735. The fraction of sp³-hybridized carbons (Fsp3) is 0.833. The minimum Gasteiger partial charge on any atom is -1.00 e. The molecule has 0 N–H and O–H groups in total. The van der Waals surface area contributed by atoms with E-state index >= 15 is 0 Å². The number of aryl methyl sites for hydroxylation is 1. The van der Waals surface area contributed by atoms with Crippen LogP contribution in [0.4, 0.5) is 0 Å². The van der Waals surface area contributed by atoms with Gasteiger partial charge in [0.2, 0.25) is 6.33 Å². The summed E-state index contributed by atoms with van der Waals surface area (Å²) in [5, 5.41) is 0. The average Bonchev–Trinajstić information content (AvgIpc) is 2.90. The third kappa shape index (κ3) is 5.58. The van der Waals surface area contributed by atoms with Crippen LogP contribution in [0.25, 0.3) is 0 Å². The Kier molecular flexibility index (Phi) is 8.48. The van der Waals surface area contributed by atoms with Crippen LogP contribution in [-0.2, 0) is 18.0 Å². The molecule has 4 heteroatoms. The summed E-state index contributed by atoms with van der Waals surface area (Å²) in [5.74, 6) is 2.26. The minimum absolute atomic E-state index is 0. The molecule has 0 saturated heterocycles. The highest BCUT2D eigenvalue weighted by atomic mass is 35.5. The molecule has 0 bridgehead atoms. The Labute approximate surface area is 142 Å². The van der Waals surface area contributed by atoms with Crippen LogP contribution in [-0.4, -0.2) is 10.7 Å². The van der Waals surface area contributed by atoms with E-state index in [9.17, 15) is 0 Å². The summed E-state index contributed by atoms with van der Waals surface area (Å²) < 4.78 is 10.7. The van der Waals surface area contributed by atoms with E-state index in [-0.39, 0.29) is 12.4 Å². The van der Waals surface area contributed by atoms with Gasteiger partial charge in [0.05, 0.1) is 12.6 Å². The van der Waals surface area contributed by atoms with Gasteiger partial charge in [-0.15, -0.1) is 0 Å². The minimum atomic E-state index is 0. The van der Waals surface area contributed by atoms with Crippen molar-refractivity contribution in [2.24, 2.45) is 17.8 Å². The first-order valence-corrected chi connectivity index (χ1v) is 8.76. The van der Waals surface area contributed by atoms with Crippen molar-refractivity contribution in [3.05, 3.63) is 18.7 Å². The van der Waals surface area contributed by atoms with E-state index in [2.05, 4.69) is 55.6 Å². The monoisotopic (exact) mass is 328 g/mol. The van der Waals surface area contributed by atoms with Crippen molar-refractivity contribution in [1.29, 1.82) is 0 Å². The Morgan fingerprint density at radius 1 is 1.32 bits per heavy atom. The first-order chi connectivity index (χ1) is 10.1. The summed E-state index contributed by atoms with van der Waals surface area (Å²) in [7, 11) is 0. The molecule has 0 unspecified atom stereocenters. The molecule has 0 amide bonds. The number of nitrogens with zero attached hydrogens (tertiary/aromatic N) is 2. The molecule has 0 aliphatic heterocycles. The molecule has 0 aromatic carbocycles. The van der Waals surface area contributed by atoms with Gasteiger partial charge in [0.1, 0.15) is 12.4 Å². The Balaban J connectivity index is 0.00000242. The van der Waals surface area contributed by atoms with Crippen LogP contribution >= 0.6 is 0 Å². The van der Waals surface area contributed by atoms with Crippen molar-refractivity contribution >= 4 is 0 Å². The fourth-order valence-corrected chi connectivity index (χ4v) is 3.48. The van der Waals surface area contributed by atoms with Gasteiger partial charge in [-0.05, 0) is 37.0 Å². The lowest BCUT2D eigenvalue weighted by atomic mass is 9.75. The van der Waals surface area contributed by atoms with Crippen molar-refractivity contribution < 1.29 is 21.7 Å². The standard InChI is InChI=1S/C18H33N2O.ClH/c1-5-6-9-19-10-11-20(13-19)14-21-18-12-16(4)7-8-17(18)15(2)3;/h10-11,13,15-18H,5-9,12,14H2,1-4H3;1H/q+1;/p-1/t16-,17+,18-;/m1./s1. The highest BCUT2D eigenvalue weighted by Crippen LogP contribution is 2.35. The van der Waals surface area contributed by atoms with Crippen LogP contribution in [0.5, 0.6) is 0 Å². The lowest BCUT2D eigenvalue weighted by Gasteiger charge is -2.36. The van der Waals surface area contributed by atoms with Gasteiger partial charge in [-0.2, -0.15) is 0 Å². The second-order valence-corrected chi connectivity index (χ2v) is 7.18. The molecule has 3 atom stereocenters. The Hall–Kier alpha value is -0.540. The molecule has 2 rings (SSSR count). The summed E-state index contributed by atoms with van der Waals surface area (Å²) in [4.78, 5) is 0. The molecule has 0 radical (unpaired) electrons. The Bertz CT molecular complexity index is 419. The Morgan fingerprint density at radius 2 is 2.09 bits per heavy atom. The SMILES string of the molecule is CCCCn1cc[n+](CO[C@@H]2C[C@H](C)CC[C@H]2C(C)C)c1.[Cl-]. The van der Waals surface area contributed by atoms with E-state index in [1.54, 1.807) is 0 Å². The number of ether oxygens (including phenoxy) is 1. The molecule has 1 aliphatic rings. The lowest BCUT2D eigenvalue weighted by Crippen LogP contribution is -3.00. The number of aromatic nitrogens is 2. The van der Waals surface area contributed by atoms with Gasteiger partial charge in [-0.25, -0.2) is 9.13 Å². The second-order valence-electron chi connectivity index (χ2n) is 7.18. The highest BCUT2D eigenvalue weighted by molar-refractivity contribution is 4.80. The predicted octanol–water partition coefficient (Wildman–Crippen LogP) is 1.01. The van der Waals surface area contributed by atoms with Crippen molar-refractivity contribution in [1.82, 2.24) is 4.57 Å². The van der Waals surface area contributed by atoms with Gasteiger partial charge in [0.15, 0.2) is 6.73 Å². The van der Waals surface area contributed by atoms with Gasteiger partial charge in [-0.3, -0.25) is 0 Å². The van der Waals surface area contributed by atoms with Gasteiger partial charge >= 0.3 is 0 Å². The number of hydrogen-bond donors (Lipinski definition) is 0. The molecular weight excluding hydrogens is 296 g/mol. The zero-order valence-corrected chi connectivity index (χ0v) is 15.4. The van der Waals surface area contributed by atoms with E-state index in [4.69, 9.17) is 4.74 Å². The van der Waals surface area contributed by atoms with Crippen LogP contribution < -0.4 is 17.0 Å². The quantitative estimate of drug-likeness (QED) is 0.683. The third-order valence-corrected chi connectivity index (χ3v) is 4.92. The largest absolute Gasteiger partial charge is 1.00 e. The summed E-state index contributed by atoms with van der Waals surface area (Å²) in [6, 6.07) is 0. The van der Waals surface area contributed by atoms with Crippen molar-refractivity contribution in [2.45, 2.75) is 79.2 Å². The normalized spacial score (nSPS) is 25.2. The zero-order chi connectivity index (χ0) is 15.2. The summed E-state index contributed by atoms with van der Waals surface area (Å²) in [6.07, 6.45) is 13.3. The van der Waals surface area contributed by atoms with Crippen molar-refractivity contribution in [2.75, 3.05) is 0 Å². The number of rotatable bonds is 7. The number of unbranched alkanes of at least 4 members (excludes halogenated alkanes) is 1. The van der Waals surface area contributed by atoms with Crippen LogP contribution in [0.2, 0.25) is 0 Å². The fourth-order valence-electron chi connectivity index (χ4n) is 3.48. The van der Waals surface area contributed by atoms with Crippen LogP contribution in [0.1, 0.15) is 59.8 Å². The van der Waals surface area contributed by atoms with Gasteiger partial charge in [0, 0.05) is 0 Å². The van der Waals surface area contributed by atoms with Crippen LogP contribution in [0, 0.1) is 17.8 Å². The molecule has 1 saturated carbocycles. The topological polar surface area (TPSA) is 18.0 Å². The van der Waals surface area contributed by atoms with E-state index in [0.717, 1.165) is 24.3 Å². The smallest absolute Gasteiger partial charge is 0.245 e. The van der Waals surface area contributed by atoms with Crippen LogP contribution in [0.15, 0.2) is 18.7 Å². The molecule has 128 valence electrons.